The highest BCUT2D eigenvalue weighted by atomic mass is 16.4. The number of aliphatic carboxylic acids is 1. The van der Waals surface area contributed by atoms with Gasteiger partial charge >= 0.3 is 5.97 Å². The van der Waals surface area contributed by atoms with Crippen LogP contribution >= 0.6 is 0 Å². The van der Waals surface area contributed by atoms with Gasteiger partial charge in [-0.1, -0.05) is 19.3 Å². The second-order valence-corrected chi connectivity index (χ2v) is 3.51. The van der Waals surface area contributed by atoms with Crippen LogP contribution < -0.4 is 5.32 Å². The van der Waals surface area contributed by atoms with Crippen LogP contribution in [-0.4, -0.2) is 23.5 Å². The number of hydrogen-bond donors (Lipinski definition) is 2. The summed E-state index contributed by atoms with van der Waals surface area (Å²) in [6.07, 6.45) is 4.40. The Morgan fingerprint density at radius 2 is 2.08 bits per heavy atom. The van der Waals surface area contributed by atoms with Crippen molar-refractivity contribution in [2.24, 2.45) is 5.92 Å². The molecule has 0 spiro atoms. The number of amides is 1. The van der Waals surface area contributed by atoms with Crippen LogP contribution in [0.2, 0.25) is 0 Å². The topological polar surface area (TPSA) is 66.4 Å². The van der Waals surface area contributed by atoms with Crippen molar-refractivity contribution in [1.29, 1.82) is 0 Å². The molecular formula is C9H15NO3. The summed E-state index contributed by atoms with van der Waals surface area (Å²) >= 11 is 0. The zero-order chi connectivity index (χ0) is 9.68. The van der Waals surface area contributed by atoms with Crippen LogP contribution in [0.25, 0.3) is 0 Å². The van der Waals surface area contributed by atoms with Gasteiger partial charge in [-0.25, -0.2) is 0 Å². The number of hydrogen-bond acceptors (Lipinski definition) is 2. The fourth-order valence-corrected chi connectivity index (χ4v) is 1.40. The van der Waals surface area contributed by atoms with Gasteiger partial charge in [0.15, 0.2) is 0 Å². The molecule has 4 heteroatoms. The van der Waals surface area contributed by atoms with Crippen molar-refractivity contribution in [2.75, 3.05) is 6.54 Å². The maximum absolute atomic E-state index is 10.8. The van der Waals surface area contributed by atoms with E-state index >= 15 is 0 Å². The van der Waals surface area contributed by atoms with Gasteiger partial charge in [-0.05, 0) is 12.3 Å². The number of carboxylic acid groups (broad SMARTS) is 1. The highest BCUT2D eigenvalue weighted by molar-refractivity contribution is 5.93. The molecule has 0 unspecified atom stereocenters. The lowest BCUT2D eigenvalue weighted by molar-refractivity contribution is -0.140. The summed E-state index contributed by atoms with van der Waals surface area (Å²) in [6.45, 7) is 0.622. The minimum atomic E-state index is -1.07. The van der Waals surface area contributed by atoms with Gasteiger partial charge in [-0.3, -0.25) is 9.59 Å². The molecule has 2 N–H and O–H groups in total. The van der Waals surface area contributed by atoms with Crippen molar-refractivity contribution in [3.63, 3.8) is 0 Å². The van der Waals surface area contributed by atoms with Gasteiger partial charge in [0, 0.05) is 6.54 Å². The van der Waals surface area contributed by atoms with E-state index in [9.17, 15) is 9.59 Å². The summed E-state index contributed by atoms with van der Waals surface area (Å²) in [6, 6.07) is 0. The normalized spacial score (nSPS) is 16.3. The maximum atomic E-state index is 10.8. The molecule has 1 fully saturated rings. The SMILES string of the molecule is O=C(O)CC(=O)NCCC1CCC1. The smallest absolute Gasteiger partial charge is 0.312 e. The second-order valence-electron chi connectivity index (χ2n) is 3.51. The van der Waals surface area contributed by atoms with Crippen LogP contribution in [0.1, 0.15) is 32.1 Å². The predicted octanol–water partition coefficient (Wildman–Crippen LogP) is 0.767. The Morgan fingerprint density at radius 1 is 1.38 bits per heavy atom. The molecule has 1 saturated carbocycles. The lowest BCUT2D eigenvalue weighted by atomic mass is 9.83. The van der Waals surface area contributed by atoms with E-state index in [0.29, 0.717) is 6.54 Å². The fraction of sp³-hybridized carbons (Fsp3) is 0.778. The number of carbonyl (C=O) groups excluding carboxylic acids is 1. The van der Waals surface area contributed by atoms with Crippen LogP contribution in [0.15, 0.2) is 0 Å². The van der Waals surface area contributed by atoms with Gasteiger partial charge in [0.1, 0.15) is 6.42 Å². The van der Waals surface area contributed by atoms with E-state index in [1.807, 2.05) is 0 Å². The third-order valence-corrected chi connectivity index (χ3v) is 2.41. The van der Waals surface area contributed by atoms with Crippen LogP contribution in [-0.2, 0) is 9.59 Å². The summed E-state index contributed by atoms with van der Waals surface area (Å²) in [5.41, 5.74) is 0. The molecule has 0 heterocycles. The van der Waals surface area contributed by atoms with Gasteiger partial charge in [0.2, 0.25) is 5.91 Å². The summed E-state index contributed by atoms with van der Waals surface area (Å²) in [5, 5.41) is 10.9. The van der Waals surface area contributed by atoms with Crippen molar-refractivity contribution >= 4 is 11.9 Å². The molecule has 1 aliphatic rings. The van der Waals surface area contributed by atoms with Gasteiger partial charge in [-0.15, -0.1) is 0 Å². The Hall–Kier alpha value is -1.06. The molecule has 0 aliphatic heterocycles. The first-order valence-corrected chi connectivity index (χ1v) is 4.67. The van der Waals surface area contributed by atoms with E-state index in [1.165, 1.54) is 19.3 Å². The molecule has 0 saturated heterocycles. The van der Waals surface area contributed by atoms with Crippen molar-refractivity contribution in [2.45, 2.75) is 32.1 Å². The number of carbonyl (C=O) groups is 2. The van der Waals surface area contributed by atoms with Crippen molar-refractivity contribution < 1.29 is 14.7 Å². The van der Waals surface area contributed by atoms with Crippen molar-refractivity contribution in [3.05, 3.63) is 0 Å². The molecule has 0 aromatic carbocycles. The van der Waals surface area contributed by atoms with Gasteiger partial charge in [0.25, 0.3) is 0 Å². The van der Waals surface area contributed by atoms with Crippen molar-refractivity contribution in [3.8, 4) is 0 Å². The minimum absolute atomic E-state index is 0.383. The van der Waals surface area contributed by atoms with E-state index in [0.717, 1.165) is 12.3 Å². The minimum Gasteiger partial charge on any atom is -0.481 e. The molecule has 0 radical (unpaired) electrons. The van der Waals surface area contributed by atoms with Crippen LogP contribution in [0.3, 0.4) is 0 Å². The standard InChI is InChI=1S/C9H15NO3/c11-8(6-9(12)13)10-5-4-7-2-1-3-7/h7H,1-6H2,(H,10,11)(H,12,13). The molecule has 1 amide bonds. The average Bonchev–Trinajstić information content (AvgIpc) is 1.92. The predicted molar refractivity (Wildman–Crippen MR) is 47.2 cm³/mol. The number of nitrogens with one attached hydrogen (secondary N) is 1. The summed E-state index contributed by atoms with van der Waals surface area (Å²) in [5.74, 6) is -0.696. The van der Waals surface area contributed by atoms with E-state index in [1.54, 1.807) is 0 Å². The third kappa shape index (κ3) is 3.92. The van der Waals surface area contributed by atoms with Gasteiger partial charge < -0.3 is 10.4 Å². The zero-order valence-electron chi connectivity index (χ0n) is 7.58. The first-order valence-electron chi connectivity index (χ1n) is 4.67. The van der Waals surface area contributed by atoms with Gasteiger partial charge in [-0.2, -0.15) is 0 Å². The second kappa shape index (κ2) is 4.84. The average molecular weight is 185 g/mol. The molecule has 0 bridgehead atoms. The van der Waals surface area contributed by atoms with E-state index in [-0.39, 0.29) is 5.91 Å². The summed E-state index contributed by atoms with van der Waals surface area (Å²) in [7, 11) is 0. The van der Waals surface area contributed by atoms with Crippen molar-refractivity contribution in [1.82, 2.24) is 5.32 Å². The maximum Gasteiger partial charge on any atom is 0.312 e. The van der Waals surface area contributed by atoms with Crippen LogP contribution in [0.4, 0.5) is 0 Å². The summed E-state index contributed by atoms with van der Waals surface area (Å²) < 4.78 is 0. The van der Waals surface area contributed by atoms with Crippen LogP contribution in [0.5, 0.6) is 0 Å². The third-order valence-electron chi connectivity index (χ3n) is 2.41. The Labute approximate surface area is 77.3 Å². The molecule has 0 aromatic rings. The summed E-state index contributed by atoms with van der Waals surface area (Å²) in [4.78, 5) is 21.0. The Balaban J connectivity index is 1.97. The Bertz CT molecular complexity index is 199. The molecule has 74 valence electrons. The lowest BCUT2D eigenvalue weighted by Crippen LogP contribution is -2.28. The molecule has 1 aliphatic carbocycles. The van der Waals surface area contributed by atoms with E-state index in [4.69, 9.17) is 5.11 Å². The van der Waals surface area contributed by atoms with Crippen LogP contribution in [0, 0.1) is 5.92 Å². The Morgan fingerprint density at radius 3 is 2.54 bits per heavy atom. The molecule has 0 atom stereocenters. The molecule has 13 heavy (non-hydrogen) atoms. The molecule has 1 rings (SSSR count). The first kappa shape index (κ1) is 10.0. The van der Waals surface area contributed by atoms with E-state index in [2.05, 4.69) is 5.32 Å². The lowest BCUT2D eigenvalue weighted by Gasteiger charge is -2.24. The number of carboxylic acids is 1. The highest BCUT2D eigenvalue weighted by Crippen LogP contribution is 2.28. The molecular weight excluding hydrogens is 170 g/mol. The highest BCUT2D eigenvalue weighted by Gasteiger charge is 2.17. The number of rotatable bonds is 5. The zero-order valence-corrected chi connectivity index (χ0v) is 7.58. The quantitative estimate of drug-likeness (QED) is 0.621. The van der Waals surface area contributed by atoms with Gasteiger partial charge in [0.05, 0.1) is 0 Å². The fourth-order valence-electron chi connectivity index (χ4n) is 1.40. The van der Waals surface area contributed by atoms with E-state index < -0.39 is 12.4 Å². The molecule has 4 nitrogen and oxygen atoms in total. The monoisotopic (exact) mass is 185 g/mol. The first-order chi connectivity index (χ1) is 6.18. The Kier molecular flexibility index (Phi) is 3.73. The largest absolute Gasteiger partial charge is 0.481 e. The molecule has 0 aromatic heterocycles.